The molecule has 0 unspecified atom stereocenters. The third-order valence-corrected chi connectivity index (χ3v) is 3.22. The zero-order valence-corrected chi connectivity index (χ0v) is 12.2. The van der Waals surface area contributed by atoms with Gasteiger partial charge in [-0.1, -0.05) is 35.9 Å². The molecule has 0 saturated carbocycles. The molecule has 0 heterocycles. The van der Waals surface area contributed by atoms with Gasteiger partial charge in [0.15, 0.2) is 0 Å². The molecule has 0 radical (unpaired) electrons. The van der Waals surface area contributed by atoms with E-state index in [9.17, 15) is 9.18 Å². The van der Waals surface area contributed by atoms with Gasteiger partial charge < -0.3 is 4.74 Å². The van der Waals surface area contributed by atoms with E-state index < -0.39 is 11.8 Å². The summed E-state index contributed by atoms with van der Waals surface area (Å²) in [6, 6.07) is 13.1. The van der Waals surface area contributed by atoms with Crippen molar-refractivity contribution in [3.63, 3.8) is 0 Å². The van der Waals surface area contributed by atoms with Crippen LogP contribution >= 0.6 is 11.6 Å². The molecule has 0 saturated heterocycles. The number of hydrogen-bond donors (Lipinski definition) is 0. The highest BCUT2D eigenvalue weighted by Crippen LogP contribution is 2.20. The van der Waals surface area contributed by atoms with E-state index in [-0.39, 0.29) is 17.2 Å². The monoisotopic (exact) mass is 315 g/mol. The third-order valence-electron chi connectivity index (χ3n) is 2.89. The van der Waals surface area contributed by atoms with Crippen molar-refractivity contribution in [3.8, 4) is 6.07 Å². The van der Waals surface area contributed by atoms with Crippen LogP contribution in [0, 0.1) is 17.1 Å². The topological polar surface area (TPSA) is 50.1 Å². The van der Waals surface area contributed by atoms with Crippen LogP contribution in [0.15, 0.2) is 48.5 Å². The van der Waals surface area contributed by atoms with Crippen LogP contribution in [-0.4, -0.2) is 5.97 Å². The summed E-state index contributed by atoms with van der Waals surface area (Å²) in [6.45, 7) is -0.0299. The summed E-state index contributed by atoms with van der Waals surface area (Å²) in [7, 11) is 0. The number of ether oxygens (including phenoxy) is 1. The first-order valence-corrected chi connectivity index (χ1v) is 6.76. The van der Waals surface area contributed by atoms with Gasteiger partial charge in [0.25, 0.3) is 0 Å². The molecule has 22 heavy (non-hydrogen) atoms. The van der Waals surface area contributed by atoms with Crippen LogP contribution in [0.5, 0.6) is 0 Å². The lowest BCUT2D eigenvalue weighted by Gasteiger charge is -2.04. The molecule has 2 aromatic carbocycles. The zero-order chi connectivity index (χ0) is 15.9. The van der Waals surface area contributed by atoms with E-state index in [1.54, 1.807) is 24.3 Å². The molecule has 0 aliphatic heterocycles. The molecule has 0 fully saturated rings. The summed E-state index contributed by atoms with van der Waals surface area (Å²) in [5.74, 6) is -1.17. The second-order valence-corrected chi connectivity index (χ2v) is 4.75. The van der Waals surface area contributed by atoms with Crippen LogP contribution < -0.4 is 0 Å². The van der Waals surface area contributed by atoms with Crippen molar-refractivity contribution in [3.05, 3.63) is 76.1 Å². The smallest absolute Gasteiger partial charge is 0.331 e. The highest BCUT2D eigenvalue weighted by Gasteiger charge is 2.06. The van der Waals surface area contributed by atoms with E-state index in [1.165, 1.54) is 24.3 Å². The van der Waals surface area contributed by atoms with Crippen LogP contribution in [0.2, 0.25) is 5.02 Å². The van der Waals surface area contributed by atoms with Gasteiger partial charge in [-0.3, -0.25) is 0 Å². The normalized spacial score (nSPS) is 10.4. The Kier molecular flexibility index (Phi) is 5.29. The van der Waals surface area contributed by atoms with Gasteiger partial charge in [-0.2, -0.15) is 5.26 Å². The Labute approximate surface area is 132 Å². The highest BCUT2D eigenvalue weighted by atomic mass is 35.5. The molecule has 110 valence electrons. The first-order chi connectivity index (χ1) is 10.6. The number of rotatable bonds is 4. The fourth-order valence-electron chi connectivity index (χ4n) is 1.77. The Bertz CT molecular complexity index is 745. The third kappa shape index (κ3) is 3.94. The number of hydrogen-bond acceptors (Lipinski definition) is 3. The predicted octanol–water partition coefficient (Wildman–Crippen LogP) is 4.11. The van der Waals surface area contributed by atoms with E-state index in [1.807, 2.05) is 6.07 Å². The number of carbonyl (C=O) groups excluding carboxylic acids is 1. The molecule has 0 aromatic heterocycles. The summed E-state index contributed by atoms with van der Waals surface area (Å²) in [4.78, 5) is 11.7. The lowest BCUT2D eigenvalue weighted by Crippen LogP contribution is -2.02. The van der Waals surface area contributed by atoms with Crippen molar-refractivity contribution < 1.29 is 13.9 Å². The van der Waals surface area contributed by atoms with Crippen molar-refractivity contribution in [2.75, 3.05) is 0 Å². The molecular formula is C17H11ClFNO2. The lowest BCUT2D eigenvalue weighted by molar-refractivity contribution is -0.138. The molecule has 2 rings (SSSR count). The lowest BCUT2D eigenvalue weighted by atomic mass is 10.1. The van der Waals surface area contributed by atoms with Gasteiger partial charge in [-0.05, 0) is 24.3 Å². The van der Waals surface area contributed by atoms with Crippen molar-refractivity contribution in [1.29, 1.82) is 5.26 Å². The molecule has 5 heteroatoms. The summed E-state index contributed by atoms with van der Waals surface area (Å²) < 4.78 is 18.6. The maximum absolute atomic E-state index is 13.5. The van der Waals surface area contributed by atoms with E-state index in [0.717, 1.165) is 6.08 Å². The largest absolute Gasteiger partial charge is 0.458 e. The maximum Gasteiger partial charge on any atom is 0.331 e. The van der Waals surface area contributed by atoms with Gasteiger partial charge >= 0.3 is 5.97 Å². The molecule has 0 atom stereocenters. The van der Waals surface area contributed by atoms with E-state index in [2.05, 4.69) is 0 Å². The standard InChI is InChI=1S/C17H11ClFNO2/c18-15-6-3-7-16(19)14(15)8-9-17(21)22-11-13-5-2-1-4-12(13)10-20/h1-9H,11H2/b9-8+. The Morgan fingerprint density at radius 2 is 2.05 bits per heavy atom. The van der Waals surface area contributed by atoms with Gasteiger partial charge in [0.1, 0.15) is 12.4 Å². The van der Waals surface area contributed by atoms with Crippen molar-refractivity contribution in [1.82, 2.24) is 0 Å². The van der Waals surface area contributed by atoms with Crippen LogP contribution in [0.3, 0.4) is 0 Å². The van der Waals surface area contributed by atoms with Crippen LogP contribution in [0.1, 0.15) is 16.7 Å². The summed E-state index contributed by atoms with van der Waals surface area (Å²) in [5.41, 5.74) is 1.17. The first kappa shape index (κ1) is 15.7. The SMILES string of the molecule is N#Cc1ccccc1COC(=O)/C=C/c1c(F)cccc1Cl. The van der Waals surface area contributed by atoms with Crippen LogP contribution in [0.25, 0.3) is 6.08 Å². The number of benzene rings is 2. The minimum absolute atomic E-state index is 0.0299. The van der Waals surface area contributed by atoms with Gasteiger partial charge in [-0.25, -0.2) is 9.18 Å². The Morgan fingerprint density at radius 1 is 1.27 bits per heavy atom. The quantitative estimate of drug-likeness (QED) is 0.630. The first-order valence-electron chi connectivity index (χ1n) is 6.38. The zero-order valence-electron chi connectivity index (χ0n) is 11.4. The van der Waals surface area contributed by atoms with Gasteiger partial charge in [0.2, 0.25) is 0 Å². The average Bonchev–Trinajstić information content (AvgIpc) is 2.52. The predicted molar refractivity (Wildman–Crippen MR) is 81.4 cm³/mol. The summed E-state index contributed by atoms with van der Waals surface area (Å²) in [5, 5.41) is 9.14. The van der Waals surface area contributed by atoms with Crippen molar-refractivity contribution in [2.45, 2.75) is 6.61 Å². The molecule has 0 spiro atoms. The van der Waals surface area contributed by atoms with Gasteiger partial charge in [-0.15, -0.1) is 0 Å². The number of nitrogens with zero attached hydrogens (tertiary/aromatic N) is 1. The fourth-order valence-corrected chi connectivity index (χ4v) is 2.00. The Hall–Kier alpha value is -2.64. The minimum Gasteiger partial charge on any atom is -0.458 e. The number of carbonyl (C=O) groups is 1. The second kappa shape index (κ2) is 7.39. The van der Waals surface area contributed by atoms with E-state index in [4.69, 9.17) is 21.6 Å². The Balaban J connectivity index is 2.02. The van der Waals surface area contributed by atoms with Gasteiger partial charge in [0.05, 0.1) is 16.7 Å². The molecular weight excluding hydrogens is 305 g/mol. The molecule has 0 N–H and O–H groups in total. The highest BCUT2D eigenvalue weighted by molar-refractivity contribution is 6.32. The molecule has 0 aliphatic rings. The van der Waals surface area contributed by atoms with Crippen molar-refractivity contribution in [2.24, 2.45) is 0 Å². The fraction of sp³-hybridized carbons (Fsp3) is 0.0588. The molecule has 2 aromatic rings. The van der Waals surface area contributed by atoms with E-state index >= 15 is 0 Å². The number of halogens is 2. The van der Waals surface area contributed by atoms with Gasteiger partial charge in [0, 0.05) is 17.2 Å². The van der Waals surface area contributed by atoms with Crippen LogP contribution in [0.4, 0.5) is 4.39 Å². The van der Waals surface area contributed by atoms with Crippen molar-refractivity contribution >= 4 is 23.6 Å². The average molecular weight is 316 g/mol. The minimum atomic E-state index is -0.646. The maximum atomic E-state index is 13.5. The molecule has 0 bridgehead atoms. The number of esters is 1. The Morgan fingerprint density at radius 3 is 2.77 bits per heavy atom. The van der Waals surface area contributed by atoms with Crippen LogP contribution in [-0.2, 0) is 16.1 Å². The van der Waals surface area contributed by atoms with E-state index in [0.29, 0.717) is 11.1 Å². The molecule has 3 nitrogen and oxygen atoms in total. The number of nitriles is 1. The molecule has 0 amide bonds. The summed E-state index contributed by atoms with van der Waals surface area (Å²) in [6.07, 6.45) is 2.36. The second-order valence-electron chi connectivity index (χ2n) is 4.35. The molecule has 0 aliphatic carbocycles. The summed E-state index contributed by atoms with van der Waals surface area (Å²) >= 11 is 5.85.